The highest BCUT2D eigenvalue weighted by atomic mass is 32.1. The molecule has 2 aromatic rings. The quantitative estimate of drug-likeness (QED) is 0.607. The van der Waals surface area contributed by atoms with Crippen LogP contribution >= 0.6 is 12.2 Å². The third-order valence-corrected chi connectivity index (χ3v) is 3.05. The predicted octanol–water partition coefficient (Wildman–Crippen LogP) is 3.23. The lowest BCUT2D eigenvalue weighted by Crippen LogP contribution is -2.29. The van der Waals surface area contributed by atoms with E-state index in [1.807, 2.05) is 42.5 Å². The van der Waals surface area contributed by atoms with Gasteiger partial charge < -0.3 is 15.4 Å². The summed E-state index contributed by atoms with van der Waals surface area (Å²) in [6.45, 7) is 1.55. The van der Waals surface area contributed by atoms with E-state index >= 15 is 0 Å². The van der Waals surface area contributed by atoms with Gasteiger partial charge in [0.05, 0.1) is 6.61 Å². The molecule has 21 heavy (non-hydrogen) atoms. The molecule has 110 valence electrons. The van der Waals surface area contributed by atoms with Crippen molar-refractivity contribution in [2.45, 2.75) is 12.8 Å². The Bertz CT molecular complexity index is 534. The number of hydrogen-bond donors (Lipinski definition) is 2. The highest BCUT2D eigenvalue weighted by Gasteiger charge is 1.97. The van der Waals surface area contributed by atoms with Crippen LogP contribution < -0.4 is 15.4 Å². The van der Waals surface area contributed by atoms with Crippen LogP contribution in [0.5, 0.6) is 5.75 Å². The second-order valence-corrected chi connectivity index (χ2v) is 4.89. The molecule has 5 heteroatoms. The smallest absolute Gasteiger partial charge is 0.170 e. The predicted molar refractivity (Wildman–Crippen MR) is 89.6 cm³/mol. The van der Waals surface area contributed by atoms with Crippen LogP contribution in [-0.4, -0.2) is 23.2 Å². The molecule has 0 saturated heterocycles. The number of benzene rings is 1. The van der Waals surface area contributed by atoms with Gasteiger partial charge in [0.2, 0.25) is 0 Å². The highest BCUT2D eigenvalue weighted by Crippen LogP contribution is 2.08. The Balaban J connectivity index is 1.52. The Labute approximate surface area is 130 Å². The van der Waals surface area contributed by atoms with Crippen molar-refractivity contribution in [1.82, 2.24) is 10.3 Å². The van der Waals surface area contributed by atoms with Crippen LogP contribution in [0.3, 0.4) is 0 Å². The monoisotopic (exact) mass is 301 g/mol. The molecule has 4 nitrogen and oxygen atoms in total. The van der Waals surface area contributed by atoms with E-state index in [-0.39, 0.29) is 0 Å². The number of nitrogens with one attached hydrogen (secondary N) is 2. The Hall–Kier alpha value is -2.14. The standard InChI is InChI=1S/C16H19N3OS/c21-16(19-14-8-11-17-12-9-14)18-10-4-5-13-20-15-6-2-1-3-7-15/h1-3,6-9,11-12H,4-5,10,13H2,(H2,17,18,19,21). The van der Waals surface area contributed by atoms with Crippen molar-refractivity contribution >= 4 is 23.0 Å². The fourth-order valence-corrected chi connectivity index (χ4v) is 1.97. The van der Waals surface area contributed by atoms with E-state index in [2.05, 4.69) is 15.6 Å². The van der Waals surface area contributed by atoms with Crippen molar-refractivity contribution in [2.75, 3.05) is 18.5 Å². The van der Waals surface area contributed by atoms with Gasteiger partial charge in [-0.15, -0.1) is 0 Å². The van der Waals surface area contributed by atoms with Crippen LogP contribution in [0.15, 0.2) is 54.9 Å². The van der Waals surface area contributed by atoms with Gasteiger partial charge in [0.15, 0.2) is 5.11 Å². The van der Waals surface area contributed by atoms with Crippen molar-refractivity contribution in [3.8, 4) is 5.75 Å². The van der Waals surface area contributed by atoms with E-state index in [1.165, 1.54) is 0 Å². The third kappa shape index (κ3) is 6.23. The number of anilines is 1. The number of ether oxygens (including phenoxy) is 1. The van der Waals surface area contributed by atoms with Gasteiger partial charge in [0.1, 0.15) is 5.75 Å². The lowest BCUT2D eigenvalue weighted by molar-refractivity contribution is 0.307. The van der Waals surface area contributed by atoms with E-state index in [1.54, 1.807) is 12.4 Å². The van der Waals surface area contributed by atoms with Crippen LogP contribution in [-0.2, 0) is 0 Å². The molecular formula is C16H19N3OS. The average Bonchev–Trinajstić information content (AvgIpc) is 2.53. The largest absolute Gasteiger partial charge is 0.494 e. The topological polar surface area (TPSA) is 46.2 Å². The molecule has 0 spiro atoms. The van der Waals surface area contributed by atoms with E-state index in [4.69, 9.17) is 17.0 Å². The first-order valence-electron chi connectivity index (χ1n) is 6.97. The Morgan fingerprint density at radius 2 is 1.81 bits per heavy atom. The first-order chi connectivity index (χ1) is 10.3. The van der Waals surface area contributed by atoms with Gasteiger partial charge >= 0.3 is 0 Å². The summed E-state index contributed by atoms with van der Waals surface area (Å²) >= 11 is 5.22. The minimum Gasteiger partial charge on any atom is -0.494 e. The first kappa shape index (κ1) is 15.3. The molecule has 0 radical (unpaired) electrons. The fraction of sp³-hybridized carbons (Fsp3) is 0.250. The molecule has 0 bridgehead atoms. The number of hydrogen-bond acceptors (Lipinski definition) is 3. The Morgan fingerprint density at radius 3 is 2.57 bits per heavy atom. The summed E-state index contributed by atoms with van der Waals surface area (Å²) < 4.78 is 5.63. The SMILES string of the molecule is S=C(NCCCCOc1ccccc1)Nc1ccncc1. The van der Waals surface area contributed by atoms with Crippen molar-refractivity contribution < 1.29 is 4.74 Å². The molecule has 0 aliphatic heterocycles. The molecule has 0 atom stereocenters. The fourth-order valence-electron chi connectivity index (χ4n) is 1.75. The van der Waals surface area contributed by atoms with Gasteiger partial charge in [0, 0.05) is 24.6 Å². The number of para-hydroxylation sites is 1. The summed E-state index contributed by atoms with van der Waals surface area (Å²) in [6, 6.07) is 13.6. The number of thiocarbonyl (C=S) groups is 1. The molecule has 1 heterocycles. The summed E-state index contributed by atoms with van der Waals surface area (Å²) in [7, 11) is 0. The van der Waals surface area contributed by atoms with E-state index in [0.717, 1.165) is 37.4 Å². The van der Waals surface area contributed by atoms with Crippen LogP contribution in [0.2, 0.25) is 0 Å². The number of pyridine rings is 1. The summed E-state index contributed by atoms with van der Waals surface area (Å²) in [5, 5.41) is 6.91. The zero-order chi connectivity index (χ0) is 14.8. The first-order valence-corrected chi connectivity index (χ1v) is 7.38. The summed E-state index contributed by atoms with van der Waals surface area (Å²) in [4.78, 5) is 3.96. The molecule has 0 saturated carbocycles. The minimum atomic E-state index is 0.630. The zero-order valence-electron chi connectivity index (χ0n) is 11.8. The highest BCUT2D eigenvalue weighted by molar-refractivity contribution is 7.80. The Kier molecular flexibility index (Phi) is 6.48. The molecular weight excluding hydrogens is 282 g/mol. The number of rotatable bonds is 7. The second-order valence-electron chi connectivity index (χ2n) is 4.49. The normalized spacial score (nSPS) is 9.90. The van der Waals surface area contributed by atoms with E-state index in [9.17, 15) is 0 Å². The van der Waals surface area contributed by atoms with Crippen LogP contribution in [0.4, 0.5) is 5.69 Å². The second kappa shape index (κ2) is 8.92. The number of unbranched alkanes of at least 4 members (excludes halogenated alkanes) is 1. The maximum atomic E-state index is 5.63. The molecule has 0 amide bonds. The van der Waals surface area contributed by atoms with Crippen LogP contribution in [0.1, 0.15) is 12.8 Å². The van der Waals surface area contributed by atoms with Gasteiger partial charge in [-0.1, -0.05) is 18.2 Å². The molecule has 2 N–H and O–H groups in total. The lowest BCUT2D eigenvalue weighted by atomic mass is 10.3. The molecule has 0 aliphatic carbocycles. The van der Waals surface area contributed by atoms with Crippen molar-refractivity contribution in [3.63, 3.8) is 0 Å². The van der Waals surface area contributed by atoms with Crippen LogP contribution in [0.25, 0.3) is 0 Å². The van der Waals surface area contributed by atoms with Gasteiger partial charge in [-0.2, -0.15) is 0 Å². The third-order valence-electron chi connectivity index (χ3n) is 2.81. The molecule has 1 aromatic heterocycles. The molecule has 1 aromatic carbocycles. The van der Waals surface area contributed by atoms with Gasteiger partial charge in [-0.25, -0.2) is 0 Å². The lowest BCUT2D eigenvalue weighted by Gasteiger charge is -2.10. The summed E-state index contributed by atoms with van der Waals surface area (Å²) in [6.07, 6.45) is 5.45. The van der Waals surface area contributed by atoms with Gasteiger partial charge in [-0.05, 0) is 49.3 Å². The maximum Gasteiger partial charge on any atom is 0.170 e. The summed E-state index contributed by atoms with van der Waals surface area (Å²) in [5.41, 5.74) is 0.940. The molecule has 0 unspecified atom stereocenters. The minimum absolute atomic E-state index is 0.630. The number of aromatic nitrogens is 1. The van der Waals surface area contributed by atoms with E-state index < -0.39 is 0 Å². The molecule has 0 aliphatic rings. The summed E-state index contributed by atoms with van der Waals surface area (Å²) in [5.74, 6) is 0.917. The van der Waals surface area contributed by atoms with E-state index in [0.29, 0.717) is 5.11 Å². The maximum absolute atomic E-state index is 5.63. The van der Waals surface area contributed by atoms with Gasteiger partial charge in [-0.3, -0.25) is 4.98 Å². The van der Waals surface area contributed by atoms with Gasteiger partial charge in [0.25, 0.3) is 0 Å². The van der Waals surface area contributed by atoms with Crippen LogP contribution in [0, 0.1) is 0 Å². The average molecular weight is 301 g/mol. The van der Waals surface area contributed by atoms with Crippen molar-refractivity contribution in [1.29, 1.82) is 0 Å². The zero-order valence-corrected chi connectivity index (χ0v) is 12.6. The molecule has 2 rings (SSSR count). The van der Waals surface area contributed by atoms with Crippen molar-refractivity contribution in [2.24, 2.45) is 0 Å². The number of nitrogens with zero attached hydrogens (tertiary/aromatic N) is 1. The van der Waals surface area contributed by atoms with Crippen molar-refractivity contribution in [3.05, 3.63) is 54.9 Å². The Morgan fingerprint density at radius 1 is 1.05 bits per heavy atom. The molecule has 0 fully saturated rings.